The fourth-order valence-corrected chi connectivity index (χ4v) is 2.46. The molecule has 1 aliphatic heterocycles. The fraction of sp³-hybridized carbons (Fsp3) is 0.846. The van der Waals surface area contributed by atoms with Gasteiger partial charge >= 0.3 is 11.9 Å². The number of piperidine rings is 1. The number of hydrogen-bond acceptors (Lipinski definition) is 5. The molecule has 1 aliphatic rings. The summed E-state index contributed by atoms with van der Waals surface area (Å²) < 4.78 is 9.85. The van der Waals surface area contributed by atoms with Crippen molar-refractivity contribution >= 4 is 11.9 Å². The number of hydrogen-bond donors (Lipinski definition) is 0. The minimum Gasteiger partial charge on any atom is -0.469 e. The van der Waals surface area contributed by atoms with E-state index in [1.54, 1.807) is 6.92 Å². The summed E-state index contributed by atoms with van der Waals surface area (Å²) in [7, 11) is 1.41. The summed E-state index contributed by atoms with van der Waals surface area (Å²) in [6.07, 6.45) is 2.45. The molecule has 0 aromatic rings. The van der Waals surface area contributed by atoms with Crippen LogP contribution in [-0.4, -0.2) is 49.7 Å². The quantitative estimate of drug-likeness (QED) is 0.693. The molecule has 0 spiro atoms. The lowest BCUT2D eigenvalue weighted by Crippen LogP contribution is -2.48. The van der Waals surface area contributed by atoms with Crippen molar-refractivity contribution in [2.75, 3.05) is 26.8 Å². The van der Waals surface area contributed by atoms with Gasteiger partial charge in [0.05, 0.1) is 19.6 Å². The van der Waals surface area contributed by atoms with E-state index in [1.807, 2.05) is 11.8 Å². The minimum atomic E-state index is -0.239. The summed E-state index contributed by atoms with van der Waals surface area (Å²) in [5.74, 6) is -0.490. The number of likely N-dealkylation sites (tertiary alicyclic amines) is 1. The number of esters is 2. The van der Waals surface area contributed by atoms with Crippen LogP contribution in [0.5, 0.6) is 0 Å². The highest BCUT2D eigenvalue weighted by molar-refractivity contribution is 5.76. The summed E-state index contributed by atoms with van der Waals surface area (Å²) in [6, 6.07) is -0.239. The minimum absolute atomic E-state index is 0.118. The summed E-state index contributed by atoms with van der Waals surface area (Å²) in [6.45, 7) is 5.58. The monoisotopic (exact) mass is 257 g/mol. The predicted molar refractivity (Wildman–Crippen MR) is 67.0 cm³/mol. The molecule has 2 atom stereocenters. The first kappa shape index (κ1) is 15.0. The Hall–Kier alpha value is -1.10. The first-order valence-electron chi connectivity index (χ1n) is 6.62. The molecule has 0 radical (unpaired) electrons. The van der Waals surface area contributed by atoms with Crippen LogP contribution in [0.25, 0.3) is 0 Å². The number of rotatable bonds is 5. The van der Waals surface area contributed by atoms with E-state index in [0.29, 0.717) is 19.6 Å². The number of carbonyl (C=O) groups excluding carboxylic acids is 2. The molecule has 1 heterocycles. The Labute approximate surface area is 108 Å². The van der Waals surface area contributed by atoms with Crippen molar-refractivity contribution in [3.05, 3.63) is 0 Å². The van der Waals surface area contributed by atoms with Crippen molar-refractivity contribution < 1.29 is 19.1 Å². The molecule has 0 N–H and O–H groups in total. The van der Waals surface area contributed by atoms with E-state index < -0.39 is 0 Å². The van der Waals surface area contributed by atoms with Crippen molar-refractivity contribution in [3.63, 3.8) is 0 Å². The number of carbonyl (C=O) groups is 2. The molecule has 0 aromatic carbocycles. The van der Waals surface area contributed by atoms with Crippen molar-refractivity contribution in [2.45, 2.75) is 39.2 Å². The highest BCUT2D eigenvalue weighted by atomic mass is 16.5. The molecule has 18 heavy (non-hydrogen) atoms. The lowest BCUT2D eigenvalue weighted by Gasteiger charge is -2.35. The van der Waals surface area contributed by atoms with Crippen molar-refractivity contribution in [1.82, 2.24) is 4.90 Å². The van der Waals surface area contributed by atoms with Gasteiger partial charge in [0.25, 0.3) is 0 Å². The molecule has 104 valence electrons. The van der Waals surface area contributed by atoms with Crippen LogP contribution in [0.2, 0.25) is 0 Å². The third kappa shape index (κ3) is 3.70. The van der Waals surface area contributed by atoms with Gasteiger partial charge in [-0.25, -0.2) is 0 Å². The topological polar surface area (TPSA) is 55.8 Å². The number of methoxy groups -OCH3 is 1. The summed E-state index contributed by atoms with van der Waals surface area (Å²) >= 11 is 0. The third-order valence-corrected chi connectivity index (χ3v) is 3.37. The summed E-state index contributed by atoms with van der Waals surface area (Å²) in [4.78, 5) is 25.4. The number of nitrogens with zero attached hydrogens (tertiary/aromatic N) is 1. The Morgan fingerprint density at radius 3 is 2.67 bits per heavy atom. The molecule has 0 aliphatic carbocycles. The smallest absolute Gasteiger partial charge is 0.323 e. The van der Waals surface area contributed by atoms with Crippen LogP contribution >= 0.6 is 0 Å². The van der Waals surface area contributed by atoms with Crippen LogP contribution in [0.15, 0.2) is 0 Å². The van der Waals surface area contributed by atoms with Gasteiger partial charge in [-0.3, -0.25) is 14.5 Å². The molecule has 5 heteroatoms. The standard InChI is InChI=1S/C13H23NO4/c1-4-11(13(16)18-5-2)14-8-6-7-10(9-14)12(15)17-3/h10-11H,4-9H2,1-3H3/t10-,11?/m0/s1. The molecule has 0 aromatic heterocycles. The van der Waals surface area contributed by atoms with Crippen molar-refractivity contribution in [2.24, 2.45) is 5.92 Å². The second-order valence-electron chi connectivity index (χ2n) is 4.53. The molecular weight excluding hydrogens is 234 g/mol. The zero-order valence-corrected chi connectivity index (χ0v) is 11.5. The van der Waals surface area contributed by atoms with Crippen molar-refractivity contribution in [3.8, 4) is 0 Å². The van der Waals surface area contributed by atoms with Gasteiger partial charge in [-0.1, -0.05) is 6.92 Å². The van der Waals surface area contributed by atoms with Gasteiger partial charge < -0.3 is 9.47 Å². The summed E-state index contributed by atoms with van der Waals surface area (Å²) in [5.41, 5.74) is 0. The van der Waals surface area contributed by atoms with E-state index in [9.17, 15) is 9.59 Å². The van der Waals surface area contributed by atoms with Gasteiger partial charge in [0, 0.05) is 6.54 Å². The van der Waals surface area contributed by atoms with Crippen LogP contribution in [0.4, 0.5) is 0 Å². The molecule has 0 bridgehead atoms. The Bertz CT molecular complexity index is 293. The third-order valence-electron chi connectivity index (χ3n) is 3.37. The van der Waals surface area contributed by atoms with E-state index in [1.165, 1.54) is 7.11 Å². The fourth-order valence-electron chi connectivity index (χ4n) is 2.46. The van der Waals surface area contributed by atoms with E-state index >= 15 is 0 Å². The first-order chi connectivity index (χ1) is 8.63. The molecule has 0 amide bonds. The molecule has 1 fully saturated rings. The molecule has 1 rings (SSSR count). The maximum atomic E-state index is 11.8. The zero-order chi connectivity index (χ0) is 13.5. The second-order valence-corrected chi connectivity index (χ2v) is 4.53. The van der Waals surface area contributed by atoms with Gasteiger partial charge in [-0.2, -0.15) is 0 Å². The lowest BCUT2D eigenvalue weighted by atomic mass is 9.96. The van der Waals surface area contributed by atoms with Crippen molar-refractivity contribution in [1.29, 1.82) is 0 Å². The lowest BCUT2D eigenvalue weighted by molar-refractivity contribution is -0.154. The van der Waals surface area contributed by atoms with Crippen LogP contribution < -0.4 is 0 Å². The van der Waals surface area contributed by atoms with E-state index in [4.69, 9.17) is 9.47 Å². The predicted octanol–water partition coefficient (Wildman–Crippen LogP) is 1.21. The van der Waals surface area contributed by atoms with Gasteiger partial charge in [-0.15, -0.1) is 0 Å². The van der Waals surface area contributed by atoms with E-state index in [-0.39, 0.29) is 23.9 Å². The zero-order valence-electron chi connectivity index (χ0n) is 11.5. The largest absolute Gasteiger partial charge is 0.469 e. The van der Waals surface area contributed by atoms with Crippen LogP contribution in [0, 0.1) is 5.92 Å². The normalized spacial score (nSPS) is 22.3. The van der Waals surface area contributed by atoms with Crippen LogP contribution in [0.3, 0.4) is 0 Å². The highest BCUT2D eigenvalue weighted by Crippen LogP contribution is 2.21. The summed E-state index contributed by atoms with van der Waals surface area (Å²) in [5, 5.41) is 0. The second kappa shape index (κ2) is 7.36. The average molecular weight is 257 g/mol. The van der Waals surface area contributed by atoms with Gasteiger partial charge in [0.1, 0.15) is 6.04 Å². The molecular formula is C13H23NO4. The average Bonchev–Trinajstić information content (AvgIpc) is 2.39. The Morgan fingerprint density at radius 2 is 2.11 bits per heavy atom. The molecule has 5 nitrogen and oxygen atoms in total. The number of ether oxygens (including phenoxy) is 2. The Balaban J connectivity index is 2.63. The maximum Gasteiger partial charge on any atom is 0.323 e. The molecule has 1 unspecified atom stereocenters. The van der Waals surface area contributed by atoms with Crippen LogP contribution in [0.1, 0.15) is 33.1 Å². The van der Waals surface area contributed by atoms with Gasteiger partial charge in [0.15, 0.2) is 0 Å². The highest BCUT2D eigenvalue weighted by Gasteiger charge is 2.33. The molecule has 0 saturated carbocycles. The maximum absolute atomic E-state index is 11.8. The van der Waals surface area contributed by atoms with E-state index in [0.717, 1.165) is 19.4 Å². The molecule has 1 saturated heterocycles. The Kier molecular flexibility index (Phi) is 6.12. The Morgan fingerprint density at radius 1 is 1.39 bits per heavy atom. The van der Waals surface area contributed by atoms with E-state index in [2.05, 4.69) is 0 Å². The van der Waals surface area contributed by atoms with Gasteiger partial charge in [0.2, 0.25) is 0 Å². The van der Waals surface area contributed by atoms with Crippen LogP contribution in [-0.2, 0) is 19.1 Å². The van der Waals surface area contributed by atoms with Gasteiger partial charge in [-0.05, 0) is 32.7 Å². The first-order valence-corrected chi connectivity index (χ1v) is 6.62. The SMILES string of the molecule is CCOC(=O)C(CC)N1CCC[C@H](C(=O)OC)C1.